The van der Waals surface area contributed by atoms with Crippen LogP contribution >= 0.6 is 27.5 Å². The third kappa shape index (κ3) is 3.18. The van der Waals surface area contributed by atoms with E-state index < -0.39 is 5.82 Å². The largest absolute Gasteiger partial charge is 0.294 e. The Morgan fingerprint density at radius 1 is 1.17 bits per heavy atom. The first kappa shape index (κ1) is 13.2. The molecule has 0 atom stereocenters. The molecule has 0 bridgehead atoms. The SMILES string of the molecule is O=C(Cc1ccc(Cl)cc1)c1cc(F)ccc1Br. The third-order valence-electron chi connectivity index (χ3n) is 2.51. The van der Waals surface area contributed by atoms with Gasteiger partial charge in [0.25, 0.3) is 0 Å². The zero-order valence-corrected chi connectivity index (χ0v) is 11.6. The molecule has 0 saturated carbocycles. The van der Waals surface area contributed by atoms with Gasteiger partial charge < -0.3 is 0 Å². The summed E-state index contributed by atoms with van der Waals surface area (Å²) in [7, 11) is 0. The van der Waals surface area contributed by atoms with Gasteiger partial charge in [-0.25, -0.2) is 4.39 Å². The molecule has 0 aliphatic heterocycles. The standard InChI is InChI=1S/C14H9BrClFO/c15-13-6-5-11(17)8-12(13)14(18)7-9-1-3-10(16)4-2-9/h1-6,8H,7H2. The van der Waals surface area contributed by atoms with Crippen molar-refractivity contribution in [2.24, 2.45) is 0 Å². The molecule has 4 heteroatoms. The van der Waals surface area contributed by atoms with Crippen LogP contribution in [0, 0.1) is 5.82 Å². The Kier molecular flexibility index (Phi) is 4.15. The molecule has 0 radical (unpaired) electrons. The molecule has 0 spiro atoms. The maximum atomic E-state index is 13.1. The second-order valence-electron chi connectivity index (χ2n) is 3.85. The van der Waals surface area contributed by atoms with Gasteiger partial charge in [0.05, 0.1) is 0 Å². The van der Waals surface area contributed by atoms with Crippen LogP contribution in [0.2, 0.25) is 5.02 Å². The molecule has 0 saturated heterocycles. The van der Waals surface area contributed by atoms with Gasteiger partial charge in [-0.05, 0) is 35.9 Å². The summed E-state index contributed by atoms with van der Waals surface area (Å²) in [5.74, 6) is -0.554. The number of carbonyl (C=O) groups is 1. The van der Waals surface area contributed by atoms with E-state index in [1.807, 2.05) is 0 Å². The predicted molar refractivity (Wildman–Crippen MR) is 73.6 cm³/mol. The number of hydrogen-bond acceptors (Lipinski definition) is 1. The molecule has 0 heterocycles. The maximum Gasteiger partial charge on any atom is 0.168 e. The van der Waals surface area contributed by atoms with Crippen molar-refractivity contribution in [3.63, 3.8) is 0 Å². The Morgan fingerprint density at radius 3 is 2.50 bits per heavy atom. The van der Waals surface area contributed by atoms with Gasteiger partial charge in [-0.15, -0.1) is 0 Å². The Labute approximate surface area is 118 Å². The van der Waals surface area contributed by atoms with Crippen LogP contribution in [0.5, 0.6) is 0 Å². The zero-order chi connectivity index (χ0) is 13.1. The van der Waals surface area contributed by atoms with E-state index in [9.17, 15) is 9.18 Å². The van der Waals surface area contributed by atoms with Gasteiger partial charge in [0.2, 0.25) is 0 Å². The van der Waals surface area contributed by atoms with Crippen LogP contribution in [-0.2, 0) is 6.42 Å². The van der Waals surface area contributed by atoms with Crippen molar-refractivity contribution in [1.82, 2.24) is 0 Å². The summed E-state index contributed by atoms with van der Waals surface area (Å²) in [6.07, 6.45) is 0.221. The van der Waals surface area contributed by atoms with Crippen molar-refractivity contribution >= 4 is 33.3 Å². The number of ketones is 1. The van der Waals surface area contributed by atoms with E-state index in [2.05, 4.69) is 15.9 Å². The molecule has 0 fully saturated rings. The molecule has 0 aliphatic rings. The molecule has 0 amide bonds. The topological polar surface area (TPSA) is 17.1 Å². The first-order valence-electron chi connectivity index (χ1n) is 5.29. The number of benzene rings is 2. The average Bonchev–Trinajstić information content (AvgIpc) is 2.35. The second-order valence-corrected chi connectivity index (χ2v) is 5.14. The van der Waals surface area contributed by atoms with Gasteiger partial charge in [-0.2, -0.15) is 0 Å². The van der Waals surface area contributed by atoms with E-state index in [0.717, 1.165) is 5.56 Å². The van der Waals surface area contributed by atoms with Crippen molar-refractivity contribution in [3.05, 3.63) is 68.9 Å². The molecular weight excluding hydrogens is 319 g/mol. The molecule has 0 N–H and O–H groups in total. The summed E-state index contributed by atoms with van der Waals surface area (Å²) in [5.41, 5.74) is 1.20. The van der Waals surface area contributed by atoms with Crippen LogP contribution in [0.25, 0.3) is 0 Å². The molecule has 2 aromatic carbocycles. The number of halogens is 3. The lowest BCUT2D eigenvalue weighted by molar-refractivity contribution is 0.0992. The van der Waals surface area contributed by atoms with Crippen LogP contribution < -0.4 is 0 Å². The van der Waals surface area contributed by atoms with E-state index in [1.54, 1.807) is 24.3 Å². The maximum absolute atomic E-state index is 13.1. The third-order valence-corrected chi connectivity index (χ3v) is 3.45. The van der Waals surface area contributed by atoms with Gasteiger partial charge in [-0.3, -0.25) is 4.79 Å². The van der Waals surface area contributed by atoms with Crippen LogP contribution in [-0.4, -0.2) is 5.78 Å². The van der Waals surface area contributed by atoms with E-state index in [-0.39, 0.29) is 12.2 Å². The zero-order valence-electron chi connectivity index (χ0n) is 9.29. The van der Waals surface area contributed by atoms with Crippen LogP contribution in [0.3, 0.4) is 0 Å². The Balaban J connectivity index is 2.21. The molecule has 18 heavy (non-hydrogen) atoms. The monoisotopic (exact) mass is 326 g/mol. The fraction of sp³-hybridized carbons (Fsp3) is 0.0714. The lowest BCUT2D eigenvalue weighted by Crippen LogP contribution is -2.05. The van der Waals surface area contributed by atoms with Crippen LogP contribution in [0.1, 0.15) is 15.9 Å². The first-order valence-corrected chi connectivity index (χ1v) is 6.46. The molecule has 1 nitrogen and oxygen atoms in total. The quantitative estimate of drug-likeness (QED) is 0.749. The summed E-state index contributed by atoms with van der Waals surface area (Å²) in [6, 6.07) is 11.1. The molecular formula is C14H9BrClFO. The summed E-state index contributed by atoms with van der Waals surface area (Å²) < 4.78 is 13.7. The Bertz CT molecular complexity index is 581. The molecule has 0 aromatic heterocycles. The number of carbonyl (C=O) groups excluding carboxylic acids is 1. The van der Waals surface area contributed by atoms with Crippen molar-refractivity contribution < 1.29 is 9.18 Å². The highest BCUT2D eigenvalue weighted by Crippen LogP contribution is 2.20. The Morgan fingerprint density at radius 2 is 1.83 bits per heavy atom. The van der Waals surface area contributed by atoms with Crippen molar-refractivity contribution in [2.75, 3.05) is 0 Å². The average molecular weight is 328 g/mol. The minimum Gasteiger partial charge on any atom is -0.294 e. The van der Waals surface area contributed by atoms with Gasteiger partial charge in [0, 0.05) is 21.5 Å². The van der Waals surface area contributed by atoms with Crippen molar-refractivity contribution in [2.45, 2.75) is 6.42 Å². The molecule has 0 unspecified atom stereocenters. The lowest BCUT2D eigenvalue weighted by atomic mass is 10.0. The van der Waals surface area contributed by atoms with Gasteiger partial charge >= 0.3 is 0 Å². The highest BCUT2D eigenvalue weighted by atomic mass is 79.9. The number of rotatable bonds is 3. The predicted octanol–water partition coefficient (Wildman–Crippen LogP) is 4.67. The summed E-state index contributed by atoms with van der Waals surface area (Å²) in [6.45, 7) is 0. The first-order chi connectivity index (χ1) is 8.56. The fourth-order valence-corrected chi connectivity index (χ4v) is 2.19. The van der Waals surface area contributed by atoms with E-state index in [1.165, 1.54) is 18.2 Å². The van der Waals surface area contributed by atoms with E-state index in [4.69, 9.17) is 11.6 Å². The minimum absolute atomic E-state index is 0.135. The number of hydrogen-bond donors (Lipinski definition) is 0. The Hall–Kier alpha value is -1.19. The lowest BCUT2D eigenvalue weighted by Gasteiger charge is -2.04. The highest BCUT2D eigenvalue weighted by molar-refractivity contribution is 9.10. The van der Waals surface area contributed by atoms with Crippen LogP contribution in [0.15, 0.2) is 46.9 Å². The normalized spacial score (nSPS) is 10.4. The second kappa shape index (κ2) is 5.63. The summed E-state index contributed by atoms with van der Waals surface area (Å²) in [4.78, 5) is 12.0. The minimum atomic E-state index is -0.419. The smallest absolute Gasteiger partial charge is 0.168 e. The summed E-state index contributed by atoms with van der Waals surface area (Å²) in [5, 5.41) is 0.623. The van der Waals surface area contributed by atoms with E-state index >= 15 is 0 Å². The van der Waals surface area contributed by atoms with Crippen molar-refractivity contribution in [3.8, 4) is 0 Å². The van der Waals surface area contributed by atoms with E-state index in [0.29, 0.717) is 15.1 Å². The van der Waals surface area contributed by atoms with Gasteiger partial charge in [0.15, 0.2) is 5.78 Å². The van der Waals surface area contributed by atoms with Crippen LogP contribution in [0.4, 0.5) is 4.39 Å². The highest BCUT2D eigenvalue weighted by Gasteiger charge is 2.11. The molecule has 92 valence electrons. The fourth-order valence-electron chi connectivity index (χ4n) is 1.59. The van der Waals surface area contributed by atoms with Crippen molar-refractivity contribution in [1.29, 1.82) is 0 Å². The molecule has 2 rings (SSSR count). The molecule has 2 aromatic rings. The summed E-state index contributed by atoms with van der Waals surface area (Å²) >= 11 is 9.02. The number of Topliss-reactive ketones (excluding diaryl/α,β-unsaturated/α-hetero) is 1. The molecule has 0 aliphatic carbocycles. The van der Waals surface area contributed by atoms with Gasteiger partial charge in [-0.1, -0.05) is 39.7 Å². The van der Waals surface area contributed by atoms with Gasteiger partial charge in [0.1, 0.15) is 5.82 Å².